The summed E-state index contributed by atoms with van der Waals surface area (Å²) < 4.78 is 10.4. The van der Waals surface area contributed by atoms with Gasteiger partial charge < -0.3 is 20.1 Å². The molecule has 2 N–H and O–H groups in total. The number of nitrogens with zero attached hydrogens (tertiary/aromatic N) is 2. The normalized spacial score (nSPS) is 10.2. The van der Waals surface area contributed by atoms with E-state index in [4.69, 9.17) is 9.47 Å². The lowest BCUT2D eigenvalue weighted by Gasteiger charge is -2.11. The van der Waals surface area contributed by atoms with Gasteiger partial charge in [-0.25, -0.2) is 9.97 Å². The number of benzene rings is 2. The van der Waals surface area contributed by atoms with Crippen molar-refractivity contribution >= 4 is 28.9 Å². The zero-order valence-electron chi connectivity index (χ0n) is 16.2. The van der Waals surface area contributed by atoms with E-state index in [2.05, 4.69) is 20.6 Å². The van der Waals surface area contributed by atoms with E-state index in [1.54, 1.807) is 36.4 Å². The summed E-state index contributed by atoms with van der Waals surface area (Å²) in [4.78, 5) is 32.4. The number of hydrogen-bond donors (Lipinski definition) is 2. The average molecular weight is 392 g/mol. The Morgan fingerprint density at radius 1 is 0.966 bits per heavy atom. The molecule has 0 saturated heterocycles. The quantitative estimate of drug-likeness (QED) is 0.591. The van der Waals surface area contributed by atoms with Crippen LogP contribution >= 0.6 is 0 Å². The Bertz CT molecular complexity index is 1040. The van der Waals surface area contributed by atoms with Crippen LogP contribution in [0.3, 0.4) is 0 Å². The smallest absolute Gasteiger partial charge is 0.275 e. The number of Topliss-reactive ketones (excluding diaryl/α,β-unsaturated/α-hetero) is 1. The van der Waals surface area contributed by atoms with E-state index < -0.39 is 5.91 Å². The minimum atomic E-state index is -0.436. The molecule has 8 heteroatoms. The molecule has 29 heavy (non-hydrogen) atoms. The number of anilines is 3. The highest BCUT2D eigenvalue weighted by atomic mass is 16.5. The predicted octanol–water partition coefficient (Wildman–Crippen LogP) is 3.69. The molecule has 1 amide bonds. The molecule has 0 bridgehead atoms. The van der Waals surface area contributed by atoms with Crippen molar-refractivity contribution in [2.75, 3.05) is 24.9 Å². The van der Waals surface area contributed by atoms with Crippen LogP contribution in [0.2, 0.25) is 0 Å². The van der Waals surface area contributed by atoms with Crippen LogP contribution in [0.4, 0.5) is 17.2 Å². The number of carbonyl (C=O) groups excluding carboxylic acids is 2. The van der Waals surface area contributed by atoms with Gasteiger partial charge in [-0.3, -0.25) is 9.59 Å². The summed E-state index contributed by atoms with van der Waals surface area (Å²) in [6.45, 7) is 1.50. The number of rotatable bonds is 7. The van der Waals surface area contributed by atoms with Gasteiger partial charge in [-0.15, -0.1) is 0 Å². The molecule has 0 aliphatic heterocycles. The van der Waals surface area contributed by atoms with E-state index in [0.29, 0.717) is 34.3 Å². The molecule has 0 unspecified atom stereocenters. The van der Waals surface area contributed by atoms with E-state index in [1.807, 2.05) is 6.07 Å². The van der Waals surface area contributed by atoms with Gasteiger partial charge in [0.15, 0.2) is 5.78 Å². The number of ether oxygens (including phenoxy) is 2. The van der Waals surface area contributed by atoms with Gasteiger partial charge in [-0.05, 0) is 31.2 Å². The number of aromatic nitrogens is 2. The fourth-order valence-corrected chi connectivity index (χ4v) is 2.57. The summed E-state index contributed by atoms with van der Waals surface area (Å²) in [6, 6.07) is 12.1. The molecular formula is C21H20N4O4. The fraction of sp³-hybridized carbons (Fsp3) is 0.143. The van der Waals surface area contributed by atoms with Crippen molar-refractivity contribution in [3.8, 4) is 11.5 Å². The Labute approximate surface area is 167 Å². The van der Waals surface area contributed by atoms with E-state index in [9.17, 15) is 9.59 Å². The minimum Gasteiger partial charge on any atom is -0.497 e. The van der Waals surface area contributed by atoms with Crippen LogP contribution in [-0.4, -0.2) is 35.9 Å². The zero-order chi connectivity index (χ0) is 20.8. The van der Waals surface area contributed by atoms with Crippen LogP contribution in [-0.2, 0) is 0 Å². The van der Waals surface area contributed by atoms with Gasteiger partial charge in [0, 0.05) is 17.3 Å². The third-order valence-corrected chi connectivity index (χ3v) is 4.08. The summed E-state index contributed by atoms with van der Waals surface area (Å²) in [6.07, 6.45) is 2.80. The highest BCUT2D eigenvalue weighted by Crippen LogP contribution is 2.29. The summed E-state index contributed by atoms with van der Waals surface area (Å²) in [7, 11) is 3.05. The Hall–Kier alpha value is -3.94. The zero-order valence-corrected chi connectivity index (χ0v) is 16.2. The van der Waals surface area contributed by atoms with Crippen molar-refractivity contribution in [3.05, 3.63) is 66.1 Å². The Morgan fingerprint density at radius 2 is 1.79 bits per heavy atom. The first kappa shape index (κ1) is 19.8. The maximum Gasteiger partial charge on any atom is 0.275 e. The van der Waals surface area contributed by atoms with Gasteiger partial charge in [0.25, 0.3) is 5.91 Å². The van der Waals surface area contributed by atoms with Crippen LogP contribution in [0.5, 0.6) is 11.5 Å². The lowest BCUT2D eigenvalue weighted by atomic mass is 10.1. The first-order chi connectivity index (χ1) is 14.0. The first-order valence-electron chi connectivity index (χ1n) is 8.73. The second kappa shape index (κ2) is 8.83. The van der Waals surface area contributed by atoms with Crippen LogP contribution in [0.15, 0.2) is 54.9 Å². The molecule has 2 aromatic carbocycles. The monoisotopic (exact) mass is 392 g/mol. The second-order valence-electron chi connectivity index (χ2n) is 6.07. The molecule has 1 heterocycles. The van der Waals surface area contributed by atoms with Crippen molar-refractivity contribution in [1.82, 2.24) is 9.97 Å². The van der Waals surface area contributed by atoms with E-state index in [1.165, 1.54) is 33.5 Å². The Morgan fingerprint density at radius 3 is 2.45 bits per heavy atom. The number of carbonyl (C=O) groups is 2. The van der Waals surface area contributed by atoms with Gasteiger partial charge in [0.05, 0.1) is 32.3 Å². The van der Waals surface area contributed by atoms with Crippen LogP contribution in [0.1, 0.15) is 27.8 Å². The molecule has 0 aliphatic carbocycles. The Kier molecular flexibility index (Phi) is 6.03. The minimum absolute atomic E-state index is 0.0280. The third-order valence-electron chi connectivity index (χ3n) is 4.08. The molecule has 0 spiro atoms. The highest BCUT2D eigenvalue weighted by Gasteiger charge is 2.13. The summed E-state index contributed by atoms with van der Waals surface area (Å²) in [5, 5.41) is 5.79. The fourth-order valence-electron chi connectivity index (χ4n) is 2.57. The molecule has 1 aromatic heterocycles. The average Bonchev–Trinajstić information content (AvgIpc) is 2.74. The van der Waals surface area contributed by atoms with E-state index in [0.717, 1.165) is 0 Å². The first-order valence-corrected chi connectivity index (χ1v) is 8.73. The number of methoxy groups -OCH3 is 2. The number of hydrogen-bond acceptors (Lipinski definition) is 7. The topological polar surface area (TPSA) is 102 Å². The van der Waals surface area contributed by atoms with Crippen molar-refractivity contribution in [2.24, 2.45) is 0 Å². The predicted molar refractivity (Wildman–Crippen MR) is 109 cm³/mol. The van der Waals surface area contributed by atoms with Crippen molar-refractivity contribution < 1.29 is 19.1 Å². The SMILES string of the molecule is COc1ccc(OC)c(NC(=O)c2cnc(Nc3cccc(C(C)=O)c3)cn2)c1. The number of ketones is 1. The maximum atomic E-state index is 12.5. The second-order valence-corrected chi connectivity index (χ2v) is 6.07. The standard InChI is InChI=1S/C21H20N4O4/c1-13(26)14-5-4-6-15(9-14)24-20-12-22-18(11-23-20)21(27)25-17-10-16(28-2)7-8-19(17)29-3/h4-12H,1-3H3,(H,23,24)(H,25,27). The molecule has 3 rings (SSSR count). The molecule has 0 fully saturated rings. The molecular weight excluding hydrogens is 372 g/mol. The molecule has 0 radical (unpaired) electrons. The molecule has 0 aliphatic rings. The van der Waals surface area contributed by atoms with Gasteiger partial charge in [0.2, 0.25) is 0 Å². The lowest BCUT2D eigenvalue weighted by molar-refractivity contribution is 0.101. The maximum absolute atomic E-state index is 12.5. The van der Waals surface area contributed by atoms with Crippen molar-refractivity contribution in [2.45, 2.75) is 6.92 Å². The third kappa shape index (κ3) is 4.86. The molecule has 0 saturated carbocycles. The van der Waals surface area contributed by atoms with E-state index >= 15 is 0 Å². The molecule has 148 valence electrons. The van der Waals surface area contributed by atoms with Crippen molar-refractivity contribution in [1.29, 1.82) is 0 Å². The van der Waals surface area contributed by atoms with Crippen LogP contribution in [0.25, 0.3) is 0 Å². The highest BCUT2D eigenvalue weighted by molar-refractivity contribution is 6.03. The van der Waals surface area contributed by atoms with Gasteiger partial charge >= 0.3 is 0 Å². The lowest BCUT2D eigenvalue weighted by Crippen LogP contribution is -2.15. The summed E-state index contributed by atoms with van der Waals surface area (Å²) in [5.41, 5.74) is 1.89. The Balaban J connectivity index is 1.72. The number of amides is 1. The molecule has 0 atom stereocenters. The van der Waals surface area contributed by atoms with E-state index in [-0.39, 0.29) is 11.5 Å². The summed E-state index contributed by atoms with van der Waals surface area (Å²) in [5.74, 6) is 1.06. The van der Waals surface area contributed by atoms with Gasteiger partial charge in [0.1, 0.15) is 23.0 Å². The summed E-state index contributed by atoms with van der Waals surface area (Å²) >= 11 is 0. The molecule has 3 aromatic rings. The van der Waals surface area contributed by atoms with Crippen LogP contribution < -0.4 is 20.1 Å². The van der Waals surface area contributed by atoms with Crippen molar-refractivity contribution in [3.63, 3.8) is 0 Å². The molecule has 8 nitrogen and oxygen atoms in total. The van der Waals surface area contributed by atoms with Gasteiger partial charge in [-0.2, -0.15) is 0 Å². The van der Waals surface area contributed by atoms with Gasteiger partial charge in [-0.1, -0.05) is 12.1 Å². The van der Waals surface area contributed by atoms with Crippen LogP contribution in [0, 0.1) is 0 Å². The largest absolute Gasteiger partial charge is 0.497 e. The number of nitrogens with one attached hydrogen (secondary N) is 2.